The summed E-state index contributed by atoms with van der Waals surface area (Å²) < 4.78 is 18.5. The SMILES string of the molecule is Cc1cc(-c2noc(C3CCCCN3)n2)ccc1F. The number of rotatable bonds is 2. The molecule has 2 heterocycles. The Balaban J connectivity index is 1.85. The van der Waals surface area contributed by atoms with Crippen LogP contribution in [0.4, 0.5) is 4.39 Å². The molecule has 100 valence electrons. The Labute approximate surface area is 111 Å². The van der Waals surface area contributed by atoms with Crippen molar-refractivity contribution in [3.63, 3.8) is 0 Å². The monoisotopic (exact) mass is 261 g/mol. The zero-order chi connectivity index (χ0) is 13.2. The second-order valence-electron chi connectivity index (χ2n) is 4.92. The molecule has 19 heavy (non-hydrogen) atoms. The maximum atomic E-state index is 13.2. The second-order valence-corrected chi connectivity index (χ2v) is 4.92. The first-order valence-electron chi connectivity index (χ1n) is 6.57. The van der Waals surface area contributed by atoms with Crippen LogP contribution in [0.25, 0.3) is 11.4 Å². The van der Waals surface area contributed by atoms with Crippen LogP contribution in [0.2, 0.25) is 0 Å². The Hall–Kier alpha value is -1.75. The van der Waals surface area contributed by atoms with Crippen molar-refractivity contribution < 1.29 is 8.91 Å². The van der Waals surface area contributed by atoms with Gasteiger partial charge in [0.25, 0.3) is 0 Å². The number of halogens is 1. The summed E-state index contributed by atoms with van der Waals surface area (Å²) in [4.78, 5) is 4.41. The molecule has 1 atom stereocenters. The summed E-state index contributed by atoms with van der Waals surface area (Å²) in [7, 11) is 0. The predicted molar refractivity (Wildman–Crippen MR) is 69.0 cm³/mol. The van der Waals surface area contributed by atoms with Crippen molar-refractivity contribution in [2.24, 2.45) is 0 Å². The van der Waals surface area contributed by atoms with Crippen molar-refractivity contribution in [2.45, 2.75) is 32.2 Å². The van der Waals surface area contributed by atoms with Gasteiger partial charge in [-0.2, -0.15) is 4.98 Å². The summed E-state index contributed by atoms with van der Waals surface area (Å²) in [6, 6.07) is 4.99. The van der Waals surface area contributed by atoms with Crippen molar-refractivity contribution in [1.29, 1.82) is 0 Å². The molecule has 1 unspecified atom stereocenters. The Morgan fingerprint density at radius 2 is 2.26 bits per heavy atom. The molecule has 4 nitrogen and oxygen atoms in total. The summed E-state index contributed by atoms with van der Waals surface area (Å²) in [6.45, 7) is 2.71. The minimum atomic E-state index is -0.221. The summed E-state index contributed by atoms with van der Waals surface area (Å²) in [5.41, 5.74) is 1.37. The third kappa shape index (κ3) is 2.51. The maximum absolute atomic E-state index is 13.2. The van der Waals surface area contributed by atoms with E-state index in [9.17, 15) is 4.39 Å². The van der Waals surface area contributed by atoms with Crippen LogP contribution >= 0.6 is 0 Å². The highest BCUT2D eigenvalue weighted by molar-refractivity contribution is 5.55. The van der Waals surface area contributed by atoms with Gasteiger partial charge in [-0.1, -0.05) is 11.6 Å². The molecule has 0 amide bonds. The van der Waals surface area contributed by atoms with Crippen molar-refractivity contribution >= 4 is 0 Å². The minimum Gasteiger partial charge on any atom is -0.337 e. The molecule has 2 aromatic rings. The summed E-state index contributed by atoms with van der Waals surface area (Å²) >= 11 is 0. The molecule has 3 rings (SSSR count). The fourth-order valence-electron chi connectivity index (χ4n) is 2.34. The Morgan fingerprint density at radius 1 is 1.37 bits per heavy atom. The van der Waals surface area contributed by atoms with Crippen molar-refractivity contribution in [3.8, 4) is 11.4 Å². The topological polar surface area (TPSA) is 51.0 Å². The lowest BCUT2D eigenvalue weighted by Gasteiger charge is -2.19. The summed E-state index contributed by atoms with van der Waals surface area (Å²) in [5.74, 6) is 0.920. The van der Waals surface area contributed by atoms with Gasteiger partial charge in [0.2, 0.25) is 11.7 Å². The Morgan fingerprint density at radius 3 is 3.00 bits per heavy atom. The van der Waals surface area contributed by atoms with Crippen LogP contribution < -0.4 is 5.32 Å². The molecule has 1 aromatic heterocycles. The summed E-state index contributed by atoms with van der Waals surface area (Å²) in [5, 5.41) is 7.35. The molecule has 1 fully saturated rings. The largest absolute Gasteiger partial charge is 0.337 e. The van der Waals surface area contributed by atoms with Gasteiger partial charge in [0.1, 0.15) is 5.82 Å². The van der Waals surface area contributed by atoms with Gasteiger partial charge in [-0.25, -0.2) is 4.39 Å². The van der Waals surface area contributed by atoms with Crippen LogP contribution in [0, 0.1) is 12.7 Å². The standard InChI is InChI=1S/C14H16FN3O/c1-9-8-10(5-6-11(9)15)13-17-14(19-18-13)12-4-2-3-7-16-12/h5-6,8,12,16H,2-4,7H2,1H3. The highest BCUT2D eigenvalue weighted by Crippen LogP contribution is 2.25. The molecule has 0 bridgehead atoms. The first kappa shape index (κ1) is 12.3. The highest BCUT2D eigenvalue weighted by Gasteiger charge is 2.21. The van der Waals surface area contributed by atoms with E-state index in [4.69, 9.17) is 4.52 Å². The smallest absolute Gasteiger partial charge is 0.244 e. The van der Waals surface area contributed by atoms with Gasteiger partial charge >= 0.3 is 0 Å². The number of hydrogen-bond donors (Lipinski definition) is 1. The van der Waals surface area contributed by atoms with Gasteiger partial charge in [0.05, 0.1) is 6.04 Å². The van der Waals surface area contributed by atoms with Crippen molar-refractivity contribution in [3.05, 3.63) is 35.5 Å². The first-order chi connectivity index (χ1) is 9.24. The molecule has 0 radical (unpaired) electrons. The molecule has 1 saturated heterocycles. The predicted octanol–water partition coefficient (Wildman–Crippen LogP) is 3.00. The molecule has 5 heteroatoms. The Kier molecular flexibility index (Phi) is 3.29. The lowest BCUT2D eigenvalue weighted by atomic mass is 10.1. The third-order valence-corrected chi connectivity index (χ3v) is 3.47. The number of aryl methyl sites for hydroxylation is 1. The van der Waals surface area contributed by atoms with E-state index >= 15 is 0 Å². The number of nitrogens with zero attached hydrogens (tertiary/aromatic N) is 2. The maximum Gasteiger partial charge on any atom is 0.244 e. The van der Waals surface area contributed by atoms with Gasteiger partial charge in [-0.15, -0.1) is 0 Å². The quantitative estimate of drug-likeness (QED) is 0.902. The number of benzene rings is 1. The molecular formula is C14H16FN3O. The highest BCUT2D eigenvalue weighted by atomic mass is 19.1. The molecule has 0 saturated carbocycles. The van der Waals surface area contributed by atoms with E-state index < -0.39 is 0 Å². The number of piperidine rings is 1. The van der Waals surface area contributed by atoms with Crippen LogP contribution in [0.5, 0.6) is 0 Å². The Bertz CT molecular complexity index is 576. The number of nitrogens with one attached hydrogen (secondary N) is 1. The number of hydrogen-bond acceptors (Lipinski definition) is 4. The van der Waals surface area contributed by atoms with Crippen LogP contribution in [0.3, 0.4) is 0 Å². The van der Waals surface area contributed by atoms with E-state index in [2.05, 4.69) is 15.5 Å². The van der Waals surface area contributed by atoms with Crippen LogP contribution in [0.1, 0.15) is 36.8 Å². The summed E-state index contributed by atoms with van der Waals surface area (Å²) in [6.07, 6.45) is 3.38. The lowest BCUT2D eigenvalue weighted by molar-refractivity contribution is 0.297. The van der Waals surface area contributed by atoms with Gasteiger partial charge in [-0.3, -0.25) is 0 Å². The normalized spacial score (nSPS) is 19.6. The molecule has 1 aromatic carbocycles. The van der Waals surface area contributed by atoms with Crippen molar-refractivity contribution in [2.75, 3.05) is 6.54 Å². The number of aromatic nitrogens is 2. The van der Waals surface area contributed by atoms with Crippen LogP contribution in [-0.4, -0.2) is 16.7 Å². The molecule has 0 spiro atoms. The van der Waals surface area contributed by atoms with E-state index in [1.54, 1.807) is 19.1 Å². The van der Waals surface area contributed by atoms with E-state index in [0.717, 1.165) is 18.5 Å². The lowest BCUT2D eigenvalue weighted by Crippen LogP contribution is -2.26. The van der Waals surface area contributed by atoms with Crippen LogP contribution in [0.15, 0.2) is 22.7 Å². The van der Waals surface area contributed by atoms with E-state index in [1.165, 1.54) is 18.9 Å². The molecule has 1 aliphatic rings. The molecular weight excluding hydrogens is 245 g/mol. The van der Waals surface area contributed by atoms with Gasteiger partial charge < -0.3 is 9.84 Å². The van der Waals surface area contributed by atoms with Gasteiger partial charge in [0, 0.05) is 5.56 Å². The molecule has 0 aliphatic carbocycles. The molecule has 1 N–H and O–H groups in total. The van der Waals surface area contributed by atoms with Crippen molar-refractivity contribution in [1.82, 2.24) is 15.5 Å². The van der Waals surface area contributed by atoms with Gasteiger partial charge in [0.15, 0.2) is 0 Å². The third-order valence-electron chi connectivity index (χ3n) is 3.47. The van der Waals surface area contributed by atoms with E-state index in [1.807, 2.05) is 0 Å². The first-order valence-corrected chi connectivity index (χ1v) is 6.57. The van der Waals surface area contributed by atoms with Crippen LogP contribution in [-0.2, 0) is 0 Å². The molecule has 1 aliphatic heterocycles. The zero-order valence-corrected chi connectivity index (χ0v) is 10.8. The fourth-order valence-corrected chi connectivity index (χ4v) is 2.34. The average molecular weight is 261 g/mol. The second kappa shape index (κ2) is 5.09. The average Bonchev–Trinajstić information content (AvgIpc) is 2.93. The van der Waals surface area contributed by atoms with E-state index in [-0.39, 0.29) is 11.9 Å². The fraction of sp³-hybridized carbons (Fsp3) is 0.429. The zero-order valence-electron chi connectivity index (χ0n) is 10.8. The van der Waals surface area contributed by atoms with Gasteiger partial charge in [-0.05, 0) is 50.1 Å². The minimum absolute atomic E-state index is 0.150. The van der Waals surface area contributed by atoms with E-state index in [0.29, 0.717) is 17.3 Å².